The van der Waals surface area contributed by atoms with Crippen molar-refractivity contribution in [2.75, 3.05) is 5.75 Å². The van der Waals surface area contributed by atoms with Crippen LogP contribution in [0.3, 0.4) is 0 Å². The van der Waals surface area contributed by atoms with Crippen molar-refractivity contribution in [3.63, 3.8) is 0 Å². The molecule has 20 heavy (non-hydrogen) atoms. The first-order valence-electron chi connectivity index (χ1n) is 7.11. The molecule has 110 valence electrons. The Kier molecular flexibility index (Phi) is 3.31. The van der Waals surface area contributed by atoms with E-state index in [9.17, 15) is 4.79 Å². The first-order valence-corrected chi connectivity index (χ1v) is 8.10. The van der Waals surface area contributed by atoms with Crippen LogP contribution in [0.2, 0.25) is 0 Å². The molecule has 1 aromatic rings. The third-order valence-electron chi connectivity index (χ3n) is 5.71. The number of hydrogen-bond acceptors (Lipinski definition) is 5. The molecule has 3 rings (SSSR count). The van der Waals surface area contributed by atoms with Crippen LogP contribution in [-0.4, -0.2) is 33.0 Å². The second kappa shape index (κ2) is 4.76. The van der Waals surface area contributed by atoms with Gasteiger partial charge in [-0.25, -0.2) is 4.98 Å². The van der Waals surface area contributed by atoms with Gasteiger partial charge >= 0.3 is 5.97 Å². The van der Waals surface area contributed by atoms with Gasteiger partial charge in [-0.3, -0.25) is 9.89 Å². The van der Waals surface area contributed by atoms with E-state index in [2.05, 4.69) is 36.0 Å². The Hall–Kier alpha value is -1.04. The van der Waals surface area contributed by atoms with Crippen LogP contribution in [0.5, 0.6) is 0 Å². The fraction of sp³-hybridized carbons (Fsp3) is 0.786. The zero-order valence-corrected chi connectivity index (χ0v) is 13.0. The van der Waals surface area contributed by atoms with Gasteiger partial charge in [0.05, 0.1) is 5.75 Å². The number of rotatable bonds is 4. The Morgan fingerprint density at radius 1 is 1.55 bits per heavy atom. The lowest BCUT2D eigenvalue weighted by atomic mass is 9.70. The second-order valence-corrected chi connectivity index (χ2v) is 7.63. The van der Waals surface area contributed by atoms with Crippen molar-refractivity contribution in [2.45, 2.75) is 51.3 Å². The second-order valence-electron chi connectivity index (χ2n) is 6.67. The van der Waals surface area contributed by atoms with Crippen LogP contribution in [0, 0.1) is 16.7 Å². The molecule has 2 aliphatic rings. The van der Waals surface area contributed by atoms with Gasteiger partial charge in [0.25, 0.3) is 0 Å². The maximum atomic E-state index is 12.0. The fourth-order valence-electron chi connectivity index (χ4n) is 3.89. The third kappa shape index (κ3) is 2.05. The highest BCUT2D eigenvalue weighted by Crippen LogP contribution is 2.66. The number of nitrogens with zero attached hydrogens (tertiary/aromatic N) is 2. The summed E-state index contributed by atoms with van der Waals surface area (Å²) in [5.74, 6) is 0.820. The zero-order valence-electron chi connectivity index (χ0n) is 12.2. The highest BCUT2D eigenvalue weighted by molar-refractivity contribution is 7.99. The molecule has 0 aliphatic heterocycles. The molecule has 3 atom stereocenters. The van der Waals surface area contributed by atoms with Crippen LogP contribution in [-0.2, 0) is 9.53 Å². The molecule has 2 fully saturated rings. The van der Waals surface area contributed by atoms with Crippen molar-refractivity contribution in [1.29, 1.82) is 0 Å². The molecule has 2 bridgehead atoms. The molecule has 0 radical (unpaired) electrons. The zero-order chi connectivity index (χ0) is 14.4. The molecule has 0 saturated heterocycles. The van der Waals surface area contributed by atoms with E-state index < -0.39 is 0 Å². The number of ether oxygens (including phenoxy) is 1. The minimum atomic E-state index is -0.152. The predicted octanol–water partition coefficient (Wildman–Crippen LogP) is 2.65. The minimum Gasteiger partial charge on any atom is -0.461 e. The lowest BCUT2D eigenvalue weighted by molar-refractivity contribution is -0.153. The van der Waals surface area contributed by atoms with Crippen molar-refractivity contribution in [3.05, 3.63) is 6.33 Å². The van der Waals surface area contributed by atoms with Crippen molar-refractivity contribution in [2.24, 2.45) is 16.7 Å². The summed E-state index contributed by atoms with van der Waals surface area (Å²) in [6.07, 6.45) is 4.96. The smallest absolute Gasteiger partial charge is 0.316 e. The minimum absolute atomic E-state index is 0.0686. The monoisotopic (exact) mass is 295 g/mol. The summed E-state index contributed by atoms with van der Waals surface area (Å²) < 4.78 is 5.76. The molecular formula is C14H21N3O2S. The van der Waals surface area contributed by atoms with Gasteiger partial charge in [-0.15, -0.1) is 0 Å². The van der Waals surface area contributed by atoms with Gasteiger partial charge in [0.1, 0.15) is 12.4 Å². The van der Waals surface area contributed by atoms with Crippen LogP contribution in [0.15, 0.2) is 11.5 Å². The SMILES string of the molecule is CC1(C)[C@@H]2CC[C@@]1(C)[C@H](OC(=O)CSc1ncn[nH]1)C2. The lowest BCUT2D eigenvalue weighted by Crippen LogP contribution is -2.38. The molecule has 0 aromatic carbocycles. The Balaban J connectivity index is 1.58. The Morgan fingerprint density at radius 3 is 2.90 bits per heavy atom. The van der Waals surface area contributed by atoms with E-state index >= 15 is 0 Å². The molecule has 0 spiro atoms. The van der Waals surface area contributed by atoms with Gasteiger partial charge in [0, 0.05) is 5.41 Å². The Morgan fingerprint density at radius 2 is 2.35 bits per heavy atom. The maximum absolute atomic E-state index is 12.0. The maximum Gasteiger partial charge on any atom is 0.316 e. The predicted molar refractivity (Wildman–Crippen MR) is 76.2 cm³/mol. The number of aromatic amines is 1. The molecule has 2 saturated carbocycles. The molecule has 1 N–H and O–H groups in total. The Bertz CT molecular complexity index is 503. The van der Waals surface area contributed by atoms with Gasteiger partial charge in [-0.2, -0.15) is 5.10 Å². The molecule has 1 heterocycles. The number of H-pyrrole nitrogens is 1. The summed E-state index contributed by atoms with van der Waals surface area (Å²) in [5, 5.41) is 7.14. The van der Waals surface area contributed by atoms with Crippen molar-refractivity contribution in [1.82, 2.24) is 15.2 Å². The van der Waals surface area contributed by atoms with E-state index in [1.165, 1.54) is 24.5 Å². The Labute approximate surface area is 123 Å². The molecule has 0 amide bonds. The summed E-state index contributed by atoms with van der Waals surface area (Å²) in [7, 11) is 0. The fourth-order valence-corrected chi connectivity index (χ4v) is 4.45. The first-order chi connectivity index (χ1) is 9.43. The molecule has 6 heteroatoms. The highest BCUT2D eigenvalue weighted by atomic mass is 32.2. The number of thioether (sulfide) groups is 1. The average molecular weight is 295 g/mol. The van der Waals surface area contributed by atoms with E-state index in [4.69, 9.17) is 4.74 Å². The number of esters is 1. The van der Waals surface area contributed by atoms with Crippen LogP contribution in [0.1, 0.15) is 40.0 Å². The summed E-state index contributed by atoms with van der Waals surface area (Å²) >= 11 is 1.33. The quantitative estimate of drug-likeness (QED) is 0.683. The molecule has 1 aromatic heterocycles. The average Bonchev–Trinajstić information content (AvgIpc) is 3.02. The van der Waals surface area contributed by atoms with Crippen LogP contribution in [0.4, 0.5) is 0 Å². The van der Waals surface area contributed by atoms with Crippen molar-refractivity contribution in [3.8, 4) is 0 Å². The molecular weight excluding hydrogens is 274 g/mol. The van der Waals surface area contributed by atoms with E-state index in [1.54, 1.807) is 0 Å². The van der Waals surface area contributed by atoms with Crippen molar-refractivity contribution < 1.29 is 9.53 Å². The molecule has 2 aliphatic carbocycles. The largest absolute Gasteiger partial charge is 0.461 e. The topological polar surface area (TPSA) is 67.9 Å². The number of hydrogen-bond donors (Lipinski definition) is 1. The number of fused-ring (bicyclic) bond motifs is 2. The summed E-state index contributed by atoms with van der Waals surface area (Å²) in [6.45, 7) is 6.92. The standard InChI is InChI=1S/C14H21N3O2S/c1-13(2)9-4-5-14(13,3)10(6-9)19-11(18)7-20-12-15-8-16-17-12/h8-10H,4-7H2,1-3H3,(H,15,16,17)/t9-,10-,14+/m1/s1. The number of carbonyl (C=O) groups is 1. The van der Waals surface area contributed by atoms with Crippen molar-refractivity contribution >= 4 is 17.7 Å². The molecule has 5 nitrogen and oxygen atoms in total. The van der Waals surface area contributed by atoms with Gasteiger partial charge in [-0.1, -0.05) is 32.5 Å². The third-order valence-corrected chi connectivity index (χ3v) is 6.56. The van der Waals surface area contributed by atoms with E-state index in [1.807, 2.05) is 0 Å². The van der Waals surface area contributed by atoms with Crippen LogP contribution >= 0.6 is 11.8 Å². The van der Waals surface area contributed by atoms with E-state index in [-0.39, 0.29) is 28.7 Å². The van der Waals surface area contributed by atoms with E-state index in [0.29, 0.717) is 11.1 Å². The number of nitrogens with one attached hydrogen (secondary N) is 1. The lowest BCUT2D eigenvalue weighted by Gasteiger charge is -2.38. The first kappa shape index (κ1) is 13.9. The normalized spacial score (nSPS) is 34.4. The van der Waals surface area contributed by atoms with Gasteiger partial charge in [-0.05, 0) is 30.6 Å². The summed E-state index contributed by atoms with van der Waals surface area (Å²) in [5.41, 5.74) is 0.403. The summed E-state index contributed by atoms with van der Waals surface area (Å²) in [4.78, 5) is 16.0. The number of carbonyl (C=O) groups excluding carboxylic acids is 1. The summed E-state index contributed by atoms with van der Waals surface area (Å²) in [6, 6.07) is 0. The van der Waals surface area contributed by atoms with Gasteiger partial charge < -0.3 is 4.74 Å². The van der Waals surface area contributed by atoms with E-state index in [0.717, 1.165) is 12.8 Å². The van der Waals surface area contributed by atoms with Gasteiger partial charge in [0.15, 0.2) is 5.16 Å². The van der Waals surface area contributed by atoms with Crippen LogP contribution < -0.4 is 0 Å². The number of aromatic nitrogens is 3. The van der Waals surface area contributed by atoms with Gasteiger partial charge in [0.2, 0.25) is 0 Å². The highest BCUT2D eigenvalue weighted by Gasteiger charge is 2.62. The van der Waals surface area contributed by atoms with Crippen LogP contribution in [0.25, 0.3) is 0 Å². The molecule has 0 unspecified atom stereocenters.